The van der Waals surface area contributed by atoms with Gasteiger partial charge in [0.1, 0.15) is 97.7 Å². The number of hydrogen-bond donors (Lipinski definition) is 14. The first-order valence-corrected chi connectivity index (χ1v) is 31.3. The van der Waals surface area contributed by atoms with E-state index in [1.165, 1.54) is 20.8 Å². The predicted molar refractivity (Wildman–Crippen MR) is 291 cm³/mol. The molecule has 86 heavy (non-hydrogen) atoms. The minimum atomic E-state index is -2.12. The lowest BCUT2D eigenvalue weighted by Gasteiger charge is -2.75. The van der Waals surface area contributed by atoms with Crippen molar-refractivity contribution in [2.24, 2.45) is 50.2 Å². The molecule has 0 aromatic carbocycles. The zero-order valence-corrected chi connectivity index (χ0v) is 51.0. The van der Waals surface area contributed by atoms with Crippen LogP contribution in [0.3, 0.4) is 0 Å². The lowest BCUT2D eigenvalue weighted by atomic mass is 9.30. The van der Waals surface area contributed by atoms with Gasteiger partial charge in [0.15, 0.2) is 37.6 Å². The first-order chi connectivity index (χ1) is 40.1. The molecule has 0 aromatic heterocycles. The number of ether oxygens (including phenoxy) is 11. The fraction of sp³-hybridized carbons (Fsp3) is 0.983. The maximum Gasteiger partial charge on any atom is 0.335 e. The summed E-state index contributed by atoms with van der Waals surface area (Å²) in [7, 11) is 0. The summed E-state index contributed by atoms with van der Waals surface area (Å²) >= 11 is 0. The molecular formula is C60H98O26. The fourth-order valence-electron chi connectivity index (χ4n) is 19.4. The van der Waals surface area contributed by atoms with Crippen LogP contribution in [0.4, 0.5) is 0 Å². The highest BCUT2D eigenvalue weighted by Crippen LogP contribution is 2.80. The van der Waals surface area contributed by atoms with Gasteiger partial charge in [-0.3, -0.25) is 0 Å². The Labute approximate surface area is 501 Å². The Balaban J connectivity index is 0.722. The van der Waals surface area contributed by atoms with Crippen molar-refractivity contribution in [3.05, 3.63) is 0 Å². The van der Waals surface area contributed by atoms with Crippen molar-refractivity contribution in [3.63, 3.8) is 0 Å². The van der Waals surface area contributed by atoms with Crippen LogP contribution in [-0.2, 0) is 56.9 Å². The minimum absolute atomic E-state index is 0.133. The highest BCUT2D eigenvalue weighted by Gasteiger charge is 2.80. The largest absolute Gasteiger partial charge is 0.479 e. The number of carboxylic acids is 1. The van der Waals surface area contributed by atoms with E-state index in [0.717, 1.165) is 51.4 Å². The van der Waals surface area contributed by atoms with Gasteiger partial charge in [-0.15, -0.1) is 0 Å². The van der Waals surface area contributed by atoms with Gasteiger partial charge in [0.05, 0.1) is 49.3 Å². The molecule has 11 fully saturated rings. The van der Waals surface area contributed by atoms with E-state index in [1.54, 1.807) is 0 Å². The van der Waals surface area contributed by atoms with Crippen molar-refractivity contribution in [3.8, 4) is 0 Å². The molecule has 5 saturated carbocycles. The maximum absolute atomic E-state index is 13.0. The Morgan fingerprint density at radius 2 is 0.988 bits per heavy atom. The monoisotopic (exact) mass is 1230 g/mol. The summed E-state index contributed by atoms with van der Waals surface area (Å²) in [6.45, 7) is 20.2. The fourth-order valence-corrected chi connectivity index (χ4v) is 19.4. The third kappa shape index (κ3) is 10.1. The summed E-state index contributed by atoms with van der Waals surface area (Å²) in [5, 5.41) is 156. The number of fused-ring (bicyclic) bond motifs is 4. The second-order valence-electron chi connectivity index (χ2n) is 29.9. The normalized spacial score (nSPS) is 57.7. The topological polar surface area (TPSA) is 402 Å². The lowest BCUT2D eigenvalue weighted by molar-refractivity contribution is -0.394. The van der Waals surface area contributed by atoms with E-state index < -0.39 is 184 Å². The number of carboxylic acid groups (broad SMARTS) is 1. The van der Waals surface area contributed by atoms with Gasteiger partial charge in [0, 0.05) is 10.8 Å². The number of rotatable bonds is 12. The van der Waals surface area contributed by atoms with E-state index in [1.807, 2.05) is 0 Å². The lowest BCUT2D eigenvalue weighted by Crippen LogP contribution is -2.74. The number of aliphatic hydroxyl groups is 13. The van der Waals surface area contributed by atoms with Crippen molar-refractivity contribution in [1.82, 2.24) is 0 Å². The molecule has 11 rings (SSSR count). The van der Waals surface area contributed by atoms with Crippen molar-refractivity contribution >= 4 is 5.97 Å². The Morgan fingerprint density at radius 1 is 0.477 bits per heavy atom. The minimum Gasteiger partial charge on any atom is -0.479 e. The molecule has 0 amide bonds. The molecule has 26 heteroatoms. The maximum atomic E-state index is 13.0. The zero-order chi connectivity index (χ0) is 62.7. The Kier molecular flexibility index (Phi) is 17.8. The molecule has 6 aliphatic heterocycles. The highest BCUT2D eigenvalue weighted by atomic mass is 16.8. The van der Waals surface area contributed by atoms with Crippen LogP contribution in [0.15, 0.2) is 0 Å². The summed E-state index contributed by atoms with van der Waals surface area (Å²) in [6.07, 6.45) is -35.2. The predicted octanol–water partition coefficient (Wildman–Crippen LogP) is -1.35. The van der Waals surface area contributed by atoms with E-state index in [9.17, 15) is 76.3 Å². The summed E-state index contributed by atoms with van der Waals surface area (Å²) in [5.74, 6) is -0.900. The molecule has 7 unspecified atom stereocenters. The smallest absolute Gasteiger partial charge is 0.335 e. The molecule has 0 radical (unpaired) electrons. The zero-order valence-electron chi connectivity index (χ0n) is 51.0. The molecule has 35 atom stereocenters. The van der Waals surface area contributed by atoms with Crippen molar-refractivity contribution in [2.45, 2.75) is 305 Å². The summed E-state index contributed by atoms with van der Waals surface area (Å²) in [4.78, 5) is 13.0. The van der Waals surface area contributed by atoms with Gasteiger partial charge >= 0.3 is 5.97 Å². The van der Waals surface area contributed by atoms with Crippen LogP contribution in [0, 0.1) is 50.2 Å². The molecule has 5 aliphatic carbocycles. The summed E-state index contributed by atoms with van der Waals surface area (Å²) < 4.78 is 66.5. The van der Waals surface area contributed by atoms with E-state index in [4.69, 9.17) is 52.1 Å². The number of aliphatic carboxylic acids is 1. The second kappa shape index (κ2) is 23.2. The van der Waals surface area contributed by atoms with Crippen LogP contribution in [-0.4, -0.2) is 262 Å². The van der Waals surface area contributed by atoms with Crippen LogP contribution >= 0.6 is 0 Å². The number of hydrogen-bond acceptors (Lipinski definition) is 25. The van der Waals surface area contributed by atoms with Gasteiger partial charge in [-0.05, 0) is 124 Å². The standard InChI is InChI=1S/C60H98O26/c1-23-32(63)34(65)39(70)49(77-23)85-46-35(66)33(64)24(2)78-53(46)82-43-25(3)79-50(40(71)36(43)67)83-44-26(21-61)80-51(41(72)37(44)68)84-45-38(69)42(73)52(86-47(45)48(74)75)81-31-13-14-56(8)27(55(31,6)7)11-15-57(9)28(56)12-16-60-29-19-54(4,5)17-18-59(29,22-76-60)30(62)20-58(57,60)10/h23-47,49-53,61-73H,11-22H2,1-10H3,(H,74,75)/t23-,24-,25-,26+,27?,28?,29?,30?,31-,32-,33-,34+,35+,36-,37-,38+,39+,40+,41+,42+,43-,44+,45-,46+,47-,49-,50-,51-,52+,53-,56-,57+,58?,59?,60?/m0/s1. The molecule has 6 heterocycles. The molecule has 26 nitrogen and oxygen atoms in total. The molecule has 6 saturated heterocycles. The van der Waals surface area contributed by atoms with Gasteiger partial charge in [0.25, 0.3) is 0 Å². The molecule has 0 aromatic rings. The second-order valence-corrected chi connectivity index (χ2v) is 29.9. The molecule has 494 valence electrons. The number of carbonyl (C=O) groups is 1. The van der Waals surface area contributed by atoms with Gasteiger partial charge in [-0.1, -0.05) is 48.5 Å². The third-order valence-corrected chi connectivity index (χ3v) is 24.6. The molecule has 14 N–H and O–H groups in total. The van der Waals surface area contributed by atoms with Crippen molar-refractivity contribution in [2.75, 3.05) is 13.2 Å². The summed E-state index contributed by atoms with van der Waals surface area (Å²) in [5.41, 5.74) is -1.46. The third-order valence-electron chi connectivity index (χ3n) is 24.6. The van der Waals surface area contributed by atoms with E-state index in [0.29, 0.717) is 25.4 Å². The SMILES string of the molecule is C[C@@H]1O[C@@H](O[C@H]2[C@H](O[C@@H]3[C@@H](O)[C@@H](O)[C@H](O[C@H]4[C@@H](O)[C@@H](O)[C@H](O[C@H]5[C@H](O)[C@@H](O)[C@H](O[C@H]6CC[C@@]7(C)C(CC[C@]8(C)C7CCC79OCC%10(CCC(C)(C)CC%107)C(O)CC98C)C6(C)C)O[C@@H]5C(=O)O)O[C@@H]4CO)O[C@H]3C)O[C@@H](C)[C@H](O)[C@H]2O)[C@H](O)[C@H](O)[C@H]1O. The van der Waals surface area contributed by atoms with E-state index in [2.05, 4.69) is 48.5 Å². The van der Waals surface area contributed by atoms with Gasteiger partial charge in [-0.2, -0.15) is 0 Å². The van der Waals surface area contributed by atoms with E-state index in [-0.39, 0.29) is 44.5 Å². The van der Waals surface area contributed by atoms with Crippen LogP contribution in [0.25, 0.3) is 0 Å². The number of aliphatic hydroxyl groups excluding tert-OH is 13. The van der Waals surface area contributed by atoms with Crippen molar-refractivity contribution in [1.29, 1.82) is 0 Å². The quantitative estimate of drug-likeness (QED) is 0.100. The first kappa shape index (κ1) is 66.0. The van der Waals surface area contributed by atoms with Gasteiger partial charge in [0.2, 0.25) is 0 Å². The van der Waals surface area contributed by atoms with Crippen molar-refractivity contribution < 1.29 is 128 Å². The Bertz CT molecular complexity index is 2420. The average Bonchev–Trinajstić information content (AvgIpc) is 1.54. The average molecular weight is 1240 g/mol. The van der Waals surface area contributed by atoms with Crippen LogP contribution < -0.4 is 0 Å². The van der Waals surface area contributed by atoms with Crippen LogP contribution in [0.5, 0.6) is 0 Å². The summed E-state index contributed by atoms with van der Waals surface area (Å²) in [6, 6.07) is 0. The molecule has 11 aliphatic rings. The molecule has 2 bridgehead atoms. The van der Waals surface area contributed by atoms with Crippen LogP contribution in [0.1, 0.15) is 133 Å². The Hall–Kier alpha value is -1.49. The van der Waals surface area contributed by atoms with Gasteiger partial charge in [-0.25, -0.2) is 4.79 Å². The first-order valence-electron chi connectivity index (χ1n) is 31.3. The molecular weight excluding hydrogens is 1140 g/mol. The van der Waals surface area contributed by atoms with E-state index >= 15 is 0 Å². The Morgan fingerprint density at radius 3 is 1.63 bits per heavy atom. The van der Waals surface area contributed by atoms with Gasteiger partial charge < -0.3 is 124 Å². The van der Waals surface area contributed by atoms with Crippen LogP contribution in [0.2, 0.25) is 0 Å². The molecule has 1 spiro atoms. The highest BCUT2D eigenvalue weighted by molar-refractivity contribution is 5.73.